The van der Waals surface area contributed by atoms with Gasteiger partial charge in [0.2, 0.25) is 0 Å². The third-order valence-electron chi connectivity index (χ3n) is 3.55. The number of esters is 1. The zero-order valence-corrected chi connectivity index (χ0v) is 12.5. The second-order valence-electron chi connectivity index (χ2n) is 6.48. The minimum absolute atomic E-state index is 0.00139. The highest BCUT2D eigenvalue weighted by atomic mass is 16.6. The maximum absolute atomic E-state index is 12.1. The van der Waals surface area contributed by atoms with Crippen LogP contribution in [0.2, 0.25) is 0 Å². The van der Waals surface area contributed by atoms with Crippen molar-refractivity contribution in [2.75, 3.05) is 0 Å². The van der Waals surface area contributed by atoms with Gasteiger partial charge in [0.1, 0.15) is 5.60 Å². The van der Waals surface area contributed by atoms with Crippen molar-refractivity contribution < 1.29 is 9.53 Å². The predicted molar refractivity (Wildman–Crippen MR) is 73.8 cm³/mol. The Balaban J connectivity index is 2.01. The van der Waals surface area contributed by atoms with Crippen LogP contribution in [-0.4, -0.2) is 21.4 Å². The summed E-state index contributed by atoms with van der Waals surface area (Å²) in [4.78, 5) is 12.1. The van der Waals surface area contributed by atoms with Crippen LogP contribution in [0.15, 0.2) is 12.4 Å². The highest BCUT2D eigenvalue weighted by Gasteiger charge is 2.54. The summed E-state index contributed by atoms with van der Waals surface area (Å²) in [5.74, 6) is 0.557. The van der Waals surface area contributed by atoms with E-state index in [1.165, 1.54) is 0 Å². The molecule has 0 aromatic carbocycles. The smallest absolute Gasteiger partial charge is 0.310 e. The van der Waals surface area contributed by atoms with Crippen LogP contribution < -0.4 is 0 Å². The van der Waals surface area contributed by atoms with Crippen LogP contribution in [0.1, 0.15) is 52.5 Å². The van der Waals surface area contributed by atoms with E-state index < -0.39 is 5.60 Å². The normalized spacial score (nSPS) is 26.3. The highest BCUT2D eigenvalue weighted by molar-refractivity contribution is 5.78. The first-order chi connectivity index (χ1) is 8.83. The zero-order chi connectivity index (χ0) is 14.2. The number of rotatable bonds is 4. The van der Waals surface area contributed by atoms with Crippen molar-refractivity contribution in [3.63, 3.8) is 0 Å². The van der Waals surface area contributed by atoms with Crippen LogP contribution >= 0.6 is 0 Å². The van der Waals surface area contributed by atoms with E-state index in [-0.39, 0.29) is 17.8 Å². The van der Waals surface area contributed by atoms with Crippen molar-refractivity contribution >= 4 is 5.97 Å². The number of ether oxygens (including phenoxy) is 1. The quantitative estimate of drug-likeness (QED) is 0.785. The van der Waals surface area contributed by atoms with Gasteiger partial charge in [-0.1, -0.05) is 13.8 Å². The van der Waals surface area contributed by atoms with Gasteiger partial charge in [-0.3, -0.25) is 9.48 Å². The lowest BCUT2D eigenvalue weighted by Crippen LogP contribution is -2.25. The molecule has 3 atom stereocenters. The summed E-state index contributed by atoms with van der Waals surface area (Å²) >= 11 is 0. The van der Waals surface area contributed by atoms with Gasteiger partial charge < -0.3 is 4.74 Å². The number of carbonyl (C=O) groups excluding carboxylic acids is 1. The molecule has 0 aliphatic heterocycles. The molecule has 1 fully saturated rings. The molecule has 19 heavy (non-hydrogen) atoms. The Morgan fingerprint density at radius 3 is 2.74 bits per heavy atom. The van der Waals surface area contributed by atoms with E-state index in [9.17, 15) is 4.79 Å². The third kappa shape index (κ3) is 3.17. The summed E-state index contributed by atoms with van der Waals surface area (Å²) in [5.41, 5.74) is 0.757. The Kier molecular flexibility index (Phi) is 3.70. The molecule has 0 N–H and O–H groups in total. The van der Waals surface area contributed by atoms with Crippen molar-refractivity contribution in [2.24, 2.45) is 11.8 Å². The lowest BCUT2D eigenvalue weighted by molar-refractivity contribution is -0.156. The lowest BCUT2D eigenvalue weighted by Gasteiger charge is -2.19. The minimum Gasteiger partial charge on any atom is -0.460 e. The van der Waals surface area contributed by atoms with Gasteiger partial charge in [0, 0.05) is 18.7 Å². The van der Waals surface area contributed by atoms with Crippen LogP contribution in [0.3, 0.4) is 0 Å². The molecule has 0 bridgehead atoms. The molecule has 1 heterocycles. The number of hydrogen-bond acceptors (Lipinski definition) is 3. The fourth-order valence-corrected chi connectivity index (χ4v) is 2.61. The summed E-state index contributed by atoms with van der Waals surface area (Å²) in [5, 5.41) is 4.33. The van der Waals surface area contributed by atoms with Crippen molar-refractivity contribution in [1.29, 1.82) is 0 Å². The molecule has 4 heteroatoms. The van der Waals surface area contributed by atoms with Crippen LogP contribution in [0.25, 0.3) is 0 Å². The van der Waals surface area contributed by atoms with Gasteiger partial charge in [-0.15, -0.1) is 0 Å². The third-order valence-corrected chi connectivity index (χ3v) is 3.55. The predicted octanol–water partition coefficient (Wildman–Crippen LogP) is 2.98. The number of nitrogens with zero attached hydrogens (tertiary/aromatic N) is 2. The molecular formula is C15H24N2O2. The van der Waals surface area contributed by atoms with Crippen LogP contribution in [0.5, 0.6) is 0 Å². The zero-order valence-electron chi connectivity index (χ0n) is 12.5. The van der Waals surface area contributed by atoms with Crippen molar-refractivity contribution in [2.45, 2.75) is 59.1 Å². The van der Waals surface area contributed by atoms with E-state index in [1.807, 2.05) is 31.6 Å². The van der Waals surface area contributed by atoms with Crippen molar-refractivity contribution in [3.05, 3.63) is 18.0 Å². The Labute approximate surface area is 115 Å². The molecule has 2 unspecified atom stereocenters. The van der Waals surface area contributed by atoms with Gasteiger partial charge in [0.05, 0.1) is 12.1 Å². The summed E-state index contributed by atoms with van der Waals surface area (Å²) in [6.45, 7) is 10.9. The van der Waals surface area contributed by atoms with Gasteiger partial charge in [-0.25, -0.2) is 0 Å². The summed E-state index contributed by atoms with van der Waals surface area (Å²) in [6, 6.07) is 0. The van der Waals surface area contributed by atoms with E-state index in [0.29, 0.717) is 5.92 Å². The Bertz CT molecular complexity index is 459. The molecule has 106 valence electrons. The first kappa shape index (κ1) is 14.1. The molecule has 1 aliphatic rings. The van der Waals surface area contributed by atoms with E-state index in [4.69, 9.17) is 4.74 Å². The number of aromatic nitrogens is 2. The minimum atomic E-state index is -0.406. The standard InChI is InChI=1S/C15H24N2O2/c1-6-7-17-9-11(8-16-17)12-10(2)13(12)14(18)19-15(3,4)5/h8-10,12-13H,6-7H2,1-5H3/t10?,12-,13?/m1/s1. The Hall–Kier alpha value is -1.32. The van der Waals surface area contributed by atoms with Crippen LogP contribution in [-0.2, 0) is 16.1 Å². The fourth-order valence-electron chi connectivity index (χ4n) is 2.61. The maximum atomic E-state index is 12.1. The highest BCUT2D eigenvalue weighted by Crippen LogP contribution is 2.54. The summed E-state index contributed by atoms with van der Waals surface area (Å²) in [6.07, 6.45) is 5.02. The molecular weight excluding hydrogens is 240 g/mol. The molecule has 1 aliphatic carbocycles. The second kappa shape index (κ2) is 4.99. The van der Waals surface area contributed by atoms with Gasteiger partial charge >= 0.3 is 5.97 Å². The van der Waals surface area contributed by atoms with Crippen LogP contribution in [0.4, 0.5) is 0 Å². The van der Waals surface area contributed by atoms with Crippen LogP contribution in [0, 0.1) is 11.8 Å². The van der Waals surface area contributed by atoms with E-state index >= 15 is 0 Å². The van der Waals surface area contributed by atoms with Gasteiger partial charge in [-0.2, -0.15) is 5.10 Å². The molecule has 2 rings (SSSR count). The SMILES string of the molecule is CCCn1cc([C@H]2C(C)C2C(=O)OC(C)(C)C)cn1. The number of hydrogen-bond donors (Lipinski definition) is 0. The maximum Gasteiger partial charge on any atom is 0.310 e. The average Bonchev–Trinajstić information content (AvgIpc) is 2.73. The Morgan fingerprint density at radius 1 is 1.47 bits per heavy atom. The van der Waals surface area contributed by atoms with Gasteiger partial charge in [0.25, 0.3) is 0 Å². The lowest BCUT2D eigenvalue weighted by atomic mass is 10.1. The molecule has 1 aromatic heterocycles. The second-order valence-corrected chi connectivity index (χ2v) is 6.48. The number of carbonyl (C=O) groups is 1. The van der Waals surface area contributed by atoms with Gasteiger partial charge in [-0.05, 0) is 38.7 Å². The van der Waals surface area contributed by atoms with Crippen molar-refractivity contribution in [3.8, 4) is 0 Å². The van der Waals surface area contributed by atoms with Gasteiger partial charge in [0.15, 0.2) is 0 Å². The molecule has 0 saturated heterocycles. The first-order valence-electron chi connectivity index (χ1n) is 7.08. The summed E-state index contributed by atoms with van der Waals surface area (Å²) < 4.78 is 7.42. The molecule has 1 saturated carbocycles. The monoisotopic (exact) mass is 264 g/mol. The molecule has 0 spiro atoms. The molecule has 4 nitrogen and oxygen atoms in total. The number of aryl methyl sites for hydroxylation is 1. The topological polar surface area (TPSA) is 44.1 Å². The fraction of sp³-hybridized carbons (Fsp3) is 0.733. The van der Waals surface area contributed by atoms with Crippen molar-refractivity contribution in [1.82, 2.24) is 9.78 Å². The van der Waals surface area contributed by atoms with E-state index in [2.05, 4.69) is 25.1 Å². The van der Waals surface area contributed by atoms with E-state index in [0.717, 1.165) is 18.5 Å². The average molecular weight is 264 g/mol. The summed E-state index contributed by atoms with van der Waals surface area (Å²) in [7, 11) is 0. The molecule has 0 amide bonds. The largest absolute Gasteiger partial charge is 0.460 e. The Morgan fingerprint density at radius 2 is 2.16 bits per heavy atom. The molecule has 1 aromatic rings. The molecule has 0 radical (unpaired) electrons. The first-order valence-corrected chi connectivity index (χ1v) is 7.08. The van der Waals surface area contributed by atoms with E-state index in [1.54, 1.807) is 0 Å².